The minimum atomic E-state index is 0. The molecule has 5 rings (SSSR count). The second kappa shape index (κ2) is 12.5. The van der Waals surface area contributed by atoms with Crippen molar-refractivity contribution in [3.05, 3.63) is 103 Å². The van der Waals surface area contributed by atoms with Gasteiger partial charge in [0, 0.05) is 16.8 Å². The first-order valence-corrected chi connectivity index (χ1v) is 12.7. The fourth-order valence-electron chi connectivity index (χ4n) is 4.03. The van der Waals surface area contributed by atoms with Crippen LogP contribution in [0.15, 0.2) is 134 Å². The Morgan fingerprint density at radius 1 is 0.463 bits per heavy atom. The minimum absolute atomic E-state index is 0. The van der Waals surface area contributed by atoms with Crippen molar-refractivity contribution in [2.75, 3.05) is 32.6 Å². The molecule has 0 bridgehead atoms. The second-order valence-corrected chi connectivity index (χ2v) is 10.0. The van der Waals surface area contributed by atoms with Crippen molar-refractivity contribution < 1.29 is 12.4 Å². The molecule has 0 saturated carbocycles. The summed E-state index contributed by atoms with van der Waals surface area (Å²) in [6.45, 7) is 0. The summed E-state index contributed by atoms with van der Waals surface area (Å²) in [5.41, 5.74) is 18.1. The van der Waals surface area contributed by atoms with Crippen molar-refractivity contribution in [1.82, 2.24) is 4.48 Å². The van der Waals surface area contributed by atoms with Gasteiger partial charge in [-0.2, -0.15) is 10.2 Å². The molecule has 0 aliphatic carbocycles. The monoisotopic (exact) mass is 563 g/mol. The van der Waals surface area contributed by atoms with Crippen molar-refractivity contribution in [2.24, 2.45) is 30.7 Å². The molecular formula is C31H30ClN9. The van der Waals surface area contributed by atoms with Gasteiger partial charge in [0.1, 0.15) is 17.1 Å². The van der Waals surface area contributed by atoms with E-state index in [1.54, 1.807) is 12.1 Å². The Morgan fingerprint density at radius 2 is 0.902 bits per heavy atom. The summed E-state index contributed by atoms with van der Waals surface area (Å²) in [7, 11) is 6.35. The summed E-state index contributed by atoms with van der Waals surface area (Å²) >= 11 is 0. The van der Waals surface area contributed by atoms with Gasteiger partial charge in [0.2, 0.25) is 0 Å². The van der Waals surface area contributed by atoms with E-state index in [1.807, 2.05) is 84.9 Å². The highest BCUT2D eigenvalue weighted by Crippen LogP contribution is 2.39. The third kappa shape index (κ3) is 6.78. The molecule has 0 aliphatic heterocycles. The lowest BCUT2D eigenvalue weighted by Crippen LogP contribution is -3.00. The van der Waals surface area contributed by atoms with Gasteiger partial charge < -0.3 is 23.9 Å². The molecule has 0 fully saturated rings. The first-order valence-electron chi connectivity index (χ1n) is 12.7. The zero-order valence-corrected chi connectivity index (χ0v) is 23.7. The lowest BCUT2D eigenvalue weighted by molar-refractivity contribution is -0.00000835. The molecule has 206 valence electrons. The van der Waals surface area contributed by atoms with Gasteiger partial charge in [-0.1, -0.05) is 48.5 Å². The SMILES string of the molecule is C[N+](C)(C)c1cccc(N=Nc2ccc(N=Nc3ccc(N=Nc4ccccc4)c(N)c3N)c3ccccc23)c1.[Cl-]. The van der Waals surface area contributed by atoms with E-state index in [1.165, 1.54) is 0 Å². The van der Waals surface area contributed by atoms with Gasteiger partial charge in [0.15, 0.2) is 0 Å². The number of nitrogens with zero attached hydrogens (tertiary/aromatic N) is 7. The van der Waals surface area contributed by atoms with Gasteiger partial charge in [-0.05, 0) is 48.5 Å². The average Bonchev–Trinajstić information content (AvgIpc) is 2.97. The van der Waals surface area contributed by atoms with Gasteiger partial charge in [-0.15, -0.1) is 20.5 Å². The molecule has 10 heteroatoms. The fraction of sp³-hybridized carbons (Fsp3) is 0.0968. The molecule has 0 aliphatic rings. The van der Waals surface area contributed by atoms with Crippen LogP contribution in [0.5, 0.6) is 0 Å². The Labute approximate surface area is 245 Å². The van der Waals surface area contributed by atoms with Crippen LogP contribution >= 0.6 is 0 Å². The summed E-state index contributed by atoms with van der Waals surface area (Å²) in [5, 5.41) is 28.2. The van der Waals surface area contributed by atoms with Crippen molar-refractivity contribution in [2.45, 2.75) is 0 Å². The third-order valence-corrected chi connectivity index (χ3v) is 6.29. The number of hydrogen-bond acceptors (Lipinski definition) is 8. The van der Waals surface area contributed by atoms with E-state index in [0.717, 1.165) is 33.5 Å². The van der Waals surface area contributed by atoms with E-state index in [2.05, 4.69) is 57.9 Å². The van der Waals surface area contributed by atoms with E-state index in [9.17, 15) is 0 Å². The maximum Gasteiger partial charge on any atom is 0.134 e. The maximum atomic E-state index is 6.28. The van der Waals surface area contributed by atoms with E-state index in [4.69, 9.17) is 11.5 Å². The number of azo groups is 3. The number of anilines is 2. The lowest BCUT2D eigenvalue weighted by Gasteiger charge is -2.23. The second-order valence-electron chi connectivity index (χ2n) is 10.0. The van der Waals surface area contributed by atoms with E-state index < -0.39 is 0 Å². The van der Waals surface area contributed by atoms with Crippen molar-refractivity contribution in [1.29, 1.82) is 0 Å². The summed E-state index contributed by atoms with van der Waals surface area (Å²) < 4.78 is 0.697. The molecule has 0 heterocycles. The molecule has 5 aromatic rings. The molecule has 4 N–H and O–H groups in total. The zero-order valence-electron chi connectivity index (χ0n) is 23.0. The Morgan fingerprint density at radius 3 is 1.49 bits per heavy atom. The molecule has 0 spiro atoms. The third-order valence-electron chi connectivity index (χ3n) is 6.29. The van der Waals surface area contributed by atoms with Crippen LogP contribution in [0.2, 0.25) is 0 Å². The van der Waals surface area contributed by atoms with Gasteiger partial charge in [0.05, 0.1) is 55.3 Å². The Kier molecular flexibility index (Phi) is 8.81. The highest BCUT2D eigenvalue weighted by molar-refractivity contribution is 5.99. The Balaban J connectivity index is 0.00000387. The fourth-order valence-corrected chi connectivity index (χ4v) is 4.03. The number of nitrogens with two attached hydrogens (primary N) is 2. The molecule has 0 unspecified atom stereocenters. The average molecular weight is 564 g/mol. The van der Waals surface area contributed by atoms with Gasteiger partial charge >= 0.3 is 0 Å². The van der Waals surface area contributed by atoms with E-state index in [-0.39, 0.29) is 12.4 Å². The van der Waals surface area contributed by atoms with Crippen LogP contribution in [-0.2, 0) is 0 Å². The molecule has 0 aromatic heterocycles. The number of rotatable bonds is 7. The Bertz CT molecular complexity index is 1760. The molecule has 0 radical (unpaired) electrons. The Hall–Kier alpha value is -4.99. The molecular weight excluding hydrogens is 534 g/mol. The van der Waals surface area contributed by atoms with E-state index >= 15 is 0 Å². The normalized spacial score (nSPS) is 12.0. The first-order chi connectivity index (χ1) is 19.3. The van der Waals surface area contributed by atoms with Crippen LogP contribution in [-0.4, -0.2) is 21.1 Å². The number of nitrogen functional groups attached to an aromatic ring is 2. The smallest absolute Gasteiger partial charge is 0.134 e. The molecule has 9 nitrogen and oxygen atoms in total. The highest BCUT2D eigenvalue weighted by atomic mass is 35.5. The van der Waals surface area contributed by atoms with Crippen LogP contribution in [0.1, 0.15) is 0 Å². The predicted octanol–water partition coefficient (Wildman–Crippen LogP) is 6.45. The molecule has 0 amide bonds. The predicted molar refractivity (Wildman–Crippen MR) is 164 cm³/mol. The minimum Gasteiger partial charge on any atom is -1.00 e. The van der Waals surface area contributed by atoms with Gasteiger partial charge in [-0.3, -0.25) is 4.48 Å². The van der Waals surface area contributed by atoms with Crippen LogP contribution in [0.4, 0.5) is 51.2 Å². The summed E-state index contributed by atoms with van der Waals surface area (Å²) in [4.78, 5) is 0. The van der Waals surface area contributed by atoms with Gasteiger partial charge in [-0.25, -0.2) is 0 Å². The quantitative estimate of drug-likeness (QED) is 0.134. The molecule has 41 heavy (non-hydrogen) atoms. The number of fused-ring (bicyclic) bond motifs is 1. The standard InChI is InChI=1S/C31H30N9.ClH/c1-40(2,3)23-13-9-12-22(20-23)35-36-26-16-17-27(25-15-8-7-14-24(25)26)37-39-29-19-18-28(30(32)31(29)33)38-34-21-10-5-4-6-11-21;/h4-20H,32-33H2,1-3H3;1H/q+1;/p-1. The lowest BCUT2D eigenvalue weighted by atomic mass is 10.1. The van der Waals surface area contributed by atoms with Crippen molar-refractivity contribution >= 4 is 62.0 Å². The number of halogens is 1. The van der Waals surface area contributed by atoms with Crippen molar-refractivity contribution in [3.8, 4) is 0 Å². The van der Waals surface area contributed by atoms with Crippen molar-refractivity contribution in [3.63, 3.8) is 0 Å². The molecule has 0 saturated heterocycles. The topological polar surface area (TPSA) is 126 Å². The van der Waals surface area contributed by atoms with Crippen LogP contribution in [0, 0.1) is 0 Å². The van der Waals surface area contributed by atoms with E-state index in [0.29, 0.717) is 32.9 Å². The number of benzene rings is 5. The van der Waals surface area contributed by atoms with Crippen LogP contribution in [0.25, 0.3) is 10.8 Å². The summed E-state index contributed by atoms with van der Waals surface area (Å²) in [5.74, 6) is 0. The maximum absolute atomic E-state index is 6.28. The number of quaternary nitrogens is 1. The summed E-state index contributed by atoms with van der Waals surface area (Å²) in [6, 6.07) is 32.5. The van der Waals surface area contributed by atoms with Crippen LogP contribution < -0.4 is 28.4 Å². The van der Waals surface area contributed by atoms with Crippen LogP contribution in [0.3, 0.4) is 0 Å². The number of hydrogen-bond donors (Lipinski definition) is 2. The summed E-state index contributed by atoms with van der Waals surface area (Å²) in [6.07, 6.45) is 0. The largest absolute Gasteiger partial charge is 1.00 e. The van der Waals surface area contributed by atoms with Gasteiger partial charge in [0.25, 0.3) is 0 Å². The first kappa shape index (κ1) is 29.0. The highest BCUT2D eigenvalue weighted by Gasteiger charge is 2.12. The molecule has 5 aromatic carbocycles. The molecule has 0 atom stereocenters. The zero-order chi connectivity index (χ0) is 28.1.